The van der Waals surface area contributed by atoms with Crippen molar-refractivity contribution in [3.05, 3.63) is 47.8 Å². The predicted octanol–water partition coefficient (Wildman–Crippen LogP) is 3.50. The van der Waals surface area contributed by atoms with E-state index in [9.17, 15) is 14.4 Å². The molecular formula is C24H28N6O3. The molecule has 9 heteroatoms. The molecule has 9 nitrogen and oxygen atoms in total. The molecule has 3 N–H and O–H groups in total. The number of hydrogen-bond acceptors (Lipinski definition) is 5. The summed E-state index contributed by atoms with van der Waals surface area (Å²) in [6.07, 6.45) is 6.69. The summed E-state index contributed by atoms with van der Waals surface area (Å²) in [5.41, 5.74) is 1.84. The van der Waals surface area contributed by atoms with Gasteiger partial charge in [-0.1, -0.05) is 19.3 Å². The van der Waals surface area contributed by atoms with Crippen molar-refractivity contribution in [2.24, 2.45) is 5.92 Å². The highest BCUT2D eigenvalue weighted by Gasteiger charge is 2.26. The number of nitrogens with zero attached hydrogens (tertiary/aromatic N) is 3. The SMILES string of the molecule is CCNC(=O)c1c(NC(=O)c2cccnn2)[nH]c2cc(N(C)C(=O)C3CCCCC3)ccc12. The van der Waals surface area contributed by atoms with Crippen molar-refractivity contribution >= 4 is 40.1 Å². The van der Waals surface area contributed by atoms with Gasteiger partial charge in [0.05, 0.1) is 5.56 Å². The zero-order valence-electron chi connectivity index (χ0n) is 18.9. The van der Waals surface area contributed by atoms with E-state index in [1.807, 2.05) is 19.1 Å². The van der Waals surface area contributed by atoms with Crippen molar-refractivity contribution in [1.82, 2.24) is 20.5 Å². The average Bonchev–Trinajstić information content (AvgIpc) is 3.21. The van der Waals surface area contributed by atoms with Gasteiger partial charge in [-0.15, -0.1) is 5.10 Å². The Bertz CT molecular complexity index is 1170. The van der Waals surface area contributed by atoms with E-state index in [1.165, 1.54) is 12.6 Å². The van der Waals surface area contributed by atoms with E-state index in [0.29, 0.717) is 23.0 Å². The molecule has 0 bridgehead atoms. The van der Waals surface area contributed by atoms with Crippen LogP contribution in [0.15, 0.2) is 36.5 Å². The topological polar surface area (TPSA) is 120 Å². The zero-order chi connectivity index (χ0) is 23.4. The fraction of sp³-hybridized carbons (Fsp3) is 0.375. The van der Waals surface area contributed by atoms with E-state index in [0.717, 1.165) is 31.4 Å². The summed E-state index contributed by atoms with van der Waals surface area (Å²) in [4.78, 5) is 43.3. The number of H-pyrrole nitrogens is 1. The number of aromatic nitrogens is 3. The molecule has 0 unspecified atom stereocenters. The Balaban J connectivity index is 1.67. The molecule has 1 saturated carbocycles. The first kappa shape index (κ1) is 22.4. The first-order chi connectivity index (χ1) is 16.0. The third kappa shape index (κ3) is 4.72. The summed E-state index contributed by atoms with van der Waals surface area (Å²) in [5, 5.41) is 13.7. The first-order valence-electron chi connectivity index (χ1n) is 11.3. The Morgan fingerprint density at radius 1 is 1.12 bits per heavy atom. The highest BCUT2D eigenvalue weighted by molar-refractivity contribution is 6.15. The Morgan fingerprint density at radius 3 is 2.61 bits per heavy atom. The number of carbonyl (C=O) groups excluding carboxylic acids is 3. The lowest BCUT2D eigenvalue weighted by Gasteiger charge is -2.26. The molecule has 4 rings (SSSR count). The van der Waals surface area contributed by atoms with Gasteiger partial charge >= 0.3 is 0 Å². The van der Waals surface area contributed by atoms with Gasteiger partial charge < -0.3 is 20.5 Å². The lowest BCUT2D eigenvalue weighted by atomic mass is 9.88. The van der Waals surface area contributed by atoms with Gasteiger partial charge in [-0.3, -0.25) is 14.4 Å². The second kappa shape index (κ2) is 9.81. The fourth-order valence-electron chi connectivity index (χ4n) is 4.32. The number of fused-ring (bicyclic) bond motifs is 1. The summed E-state index contributed by atoms with van der Waals surface area (Å²) in [5.74, 6) is -0.357. The van der Waals surface area contributed by atoms with Crippen LogP contribution < -0.4 is 15.5 Å². The van der Waals surface area contributed by atoms with Crippen molar-refractivity contribution in [3.8, 4) is 0 Å². The second-order valence-electron chi connectivity index (χ2n) is 8.26. The highest BCUT2D eigenvalue weighted by Crippen LogP contribution is 2.32. The van der Waals surface area contributed by atoms with Crippen molar-refractivity contribution in [2.75, 3.05) is 23.8 Å². The smallest absolute Gasteiger partial charge is 0.277 e. The highest BCUT2D eigenvalue weighted by atomic mass is 16.2. The molecule has 0 saturated heterocycles. The Hall–Kier alpha value is -3.75. The molecule has 0 atom stereocenters. The monoisotopic (exact) mass is 448 g/mol. The molecule has 33 heavy (non-hydrogen) atoms. The molecule has 0 aliphatic heterocycles. The second-order valence-corrected chi connectivity index (χ2v) is 8.26. The van der Waals surface area contributed by atoms with Crippen LogP contribution in [0, 0.1) is 5.92 Å². The zero-order valence-corrected chi connectivity index (χ0v) is 18.9. The van der Waals surface area contributed by atoms with Gasteiger partial charge in [0.1, 0.15) is 5.82 Å². The lowest BCUT2D eigenvalue weighted by Crippen LogP contribution is -2.33. The van der Waals surface area contributed by atoms with E-state index in [4.69, 9.17) is 0 Å². The van der Waals surface area contributed by atoms with Crippen LogP contribution >= 0.6 is 0 Å². The molecule has 2 heterocycles. The summed E-state index contributed by atoms with van der Waals surface area (Å²) in [6, 6.07) is 8.61. The van der Waals surface area contributed by atoms with Crippen LogP contribution in [0.5, 0.6) is 0 Å². The molecule has 2 aromatic heterocycles. The van der Waals surface area contributed by atoms with Crippen LogP contribution in [0.25, 0.3) is 10.9 Å². The molecule has 1 aliphatic carbocycles. The molecule has 3 amide bonds. The molecule has 172 valence electrons. The molecule has 1 fully saturated rings. The average molecular weight is 449 g/mol. The van der Waals surface area contributed by atoms with Crippen molar-refractivity contribution < 1.29 is 14.4 Å². The molecule has 1 aliphatic rings. The summed E-state index contributed by atoms with van der Waals surface area (Å²) in [6.45, 7) is 2.27. The van der Waals surface area contributed by atoms with Crippen molar-refractivity contribution in [3.63, 3.8) is 0 Å². The molecule has 0 radical (unpaired) electrons. The third-order valence-electron chi connectivity index (χ3n) is 6.06. The Kier molecular flexibility index (Phi) is 6.67. The van der Waals surface area contributed by atoms with Gasteiger partial charge in [0.25, 0.3) is 11.8 Å². The summed E-state index contributed by atoms with van der Waals surface area (Å²) >= 11 is 0. The Labute approximate surface area is 192 Å². The van der Waals surface area contributed by atoms with Gasteiger partial charge in [-0.25, -0.2) is 0 Å². The lowest BCUT2D eigenvalue weighted by molar-refractivity contribution is -0.123. The number of carbonyl (C=O) groups is 3. The van der Waals surface area contributed by atoms with Crippen LogP contribution in [0.1, 0.15) is 59.9 Å². The number of benzene rings is 1. The van der Waals surface area contributed by atoms with Gasteiger partial charge in [0.15, 0.2) is 5.69 Å². The van der Waals surface area contributed by atoms with Crippen LogP contribution in [-0.4, -0.2) is 46.5 Å². The van der Waals surface area contributed by atoms with Gasteiger partial charge in [0, 0.05) is 42.3 Å². The number of hydrogen-bond donors (Lipinski definition) is 3. The molecule has 0 spiro atoms. The van der Waals surface area contributed by atoms with Gasteiger partial charge in [-0.05, 0) is 50.1 Å². The Morgan fingerprint density at radius 2 is 1.91 bits per heavy atom. The van der Waals surface area contributed by atoms with Crippen molar-refractivity contribution in [1.29, 1.82) is 0 Å². The number of anilines is 2. The number of amides is 3. The minimum atomic E-state index is -0.481. The van der Waals surface area contributed by atoms with Gasteiger partial charge in [0.2, 0.25) is 5.91 Å². The van der Waals surface area contributed by atoms with E-state index in [2.05, 4.69) is 25.8 Å². The van der Waals surface area contributed by atoms with Crippen LogP contribution in [-0.2, 0) is 4.79 Å². The van der Waals surface area contributed by atoms with E-state index in [1.54, 1.807) is 30.1 Å². The van der Waals surface area contributed by atoms with E-state index in [-0.39, 0.29) is 29.2 Å². The number of rotatable bonds is 6. The van der Waals surface area contributed by atoms with Crippen LogP contribution in [0.3, 0.4) is 0 Å². The molecule has 1 aromatic carbocycles. The number of nitrogens with one attached hydrogen (secondary N) is 3. The van der Waals surface area contributed by atoms with Crippen LogP contribution in [0.4, 0.5) is 11.5 Å². The van der Waals surface area contributed by atoms with Crippen LogP contribution in [0.2, 0.25) is 0 Å². The summed E-state index contributed by atoms with van der Waals surface area (Å²) < 4.78 is 0. The predicted molar refractivity (Wildman–Crippen MR) is 126 cm³/mol. The fourth-order valence-corrected chi connectivity index (χ4v) is 4.32. The largest absolute Gasteiger partial charge is 0.352 e. The maximum Gasteiger partial charge on any atom is 0.277 e. The first-order valence-corrected chi connectivity index (χ1v) is 11.3. The third-order valence-corrected chi connectivity index (χ3v) is 6.06. The molecular weight excluding hydrogens is 420 g/mol. The quantitative estimate of drug-likeness (QED) is 0.533. The minimum Gasteiger partial charge on any atom is -0.352 e. The maximum atomic E-state index is 13.0. The van der Waals surface area contributed by atoms with Crippen molar-refractivity contribution in [2.45, 2.75) is 39.0 Å². The van der Waals surface area contributed by atoms with E-state index < -0.39 is 5.91 Å². The molecule has 3 aromatic rings. The normalized spacial score (nSPS) is 14.1. The maximum absolute atomic E-state index is 13.0. The standard InChI is InChI=1S/C24H28N6O3/c1-3-25-23(32)20-17-12-11-16(30(2)24(33)15-8-5-4-6-9-15)14-19(17)27-21(20)28-22(31)18-10-7-13-26-29-18/h7,10-15,27H,3-6,8-9H2,1-2H3,(H,25,32)(H,28,31). The van der Waals surface area contributed by atoms with Gasteiger partial charge in [-0.2, -0.15) is 5.10 Å². The van der Waals surface area contributed by atoms with E-state index >= 15 is 0 Å². The minimum absolute atomic E-state index is 0.0517. The number of aromatic amines is 1. The summed E-state index contributed by atoms with van der Waals surface area (Å²) in [7, 11) is 1.78.